The highest BCUT2D eigenvalue weighted by Gasteiger charge is 2.36. The fourth-order valence-corrected chi connectivity index (χ4v) is 3.38. The minimum absolute atomic E-state index is 0.211. The number of aromatic amines is 1. The summed E-state index contributed by atoms with van der Waals surface area (Å²) < 4.78 is 5.31. The maximum Gasteiger partial charge on any atom is 0.329 e. The number of carbonyl (C=O) groups excluding carboxylic acids is 1. The number of rotatable bonds is 5. The number of hydrogen-bond acceptors (Lipinski definition) is 4. The molecular weight excluding hydrogens is 290 g/mol. The number of carbonyl (C=O) groups is 1. The molecule has 1 unspecified atom stereocenters. The van der Waals surface area contributed by atoms with Gasteiger partial charge in [0.2, 0.25) is 0 Å². The van der Waals surface area contributed by atoms with Crippen LogP contribution >= 0.6 is 0 Å². The summed E-state index contributed by atoms with van der Waals surface area (Å²) in [5, 5.41) is 9.93. The van der Waals surface area contributed by atoms with E-state index < -0.39 is 6.04 Å². The number of aromatic nitrogens is 1. The predicted octanol–water partition coefficient (Wildman–Crippen LogP) is 2.93. The molecule has 5 nitrogen and oxygen atoms in total. The number of nitriles is 1. The number of nitrogens with zero attached hydrogens (tertiary/aromatic N) is 2. The van der Waals surface area contributed by atoms with E-state index in [1.807, 2.05) is 25.1 Å². The maximum atomic E-state index is 12.5. The Morgan fingerprint density at radius 2 is 2.30 bits per heavy atom. The molecule has 1 aromatic heterocycles. The number of ether oxygens (including phenoxy) is 1. The average Bonchev–Trinajstić information content (AvgIpc) is 2.93. The Kier molecular flexibility index (Phi) is 4.63. The van der Waals surface area contributed by atoms with Crippen molar-refractivity contribution in [3.63, 3.8) is 0 Å². The summed E-state index contributed by atoms with van der Waals surface area (Å²) >= 11 is 0. The predicted molar refractivity (Wildman–Crippen MR) is 87.8 cm³/mol. The van der Waals surface area contributed by atoms with Crippen LogP contribution in [0.1, 0.15) is 37.1 Å². The lowest BCUT2D eigenvalue weighted by atomic mass is 9.97. The lowest BCUT2D eigenvalue weighted by Crippen LogP contribution is -2.41. The van der Waals surface area contributed by atoms with Gasteiger partial charge in [0.25, 0.3) is 0 Å². The Hall–Kier alpha value is -2.32. The second-order valence-corrected chi connectivity index (χ2v) is 5.77. The van der Waals surface area contributed by atoms with Crippen molar-refractivity contribution in [2.24, 2.45) is 0 Å². The van der Waals surface area contributed by atoms with Gasteiger partial charge in [0.1, 0.15) is 6.04 Å². The molecule has 0 bridgehead atoms. The quantitative estimate of drug-likeness (QED) is 0.681. The molecule has 120 valence electrons. The number of nitrogens with one attached hydrogen (secondary N) is 1. The van der Waals surface area contributed by atoms with Gasteiger partial charge in [-0.25, -0.2) is 4.79 Å². The molecule has 0 aliphatic carbocycles. The molecule has 0 saturated heterocycles. The van der Waals surface area contributed by atoms with E-state index >= 15 is 0 Å². The van der Waals surface area contributed by atoms with Crippen LogP contribution in [-0.4, -0.2) is 35.5 Å². The summed E-state index contributed by atoms with van der Waals surface area (Å²) in [4.78, 5) is 18.1. The molecule has 0 saturated carbocycles. The molecule has 3 rings (SSSR count). The standard InChI is InChI=1S/C18H21N3O2/c1-2-23-18(22)17-16-14(9-12-21(17)11-6-5-10-19)13-7-3-4-8-15(13)20-16/h3-4,7-8,17,20H,2,5-6,9,11-12H2,1H3. The number of para-hydroxylation sites is 1. The van der Waals surface area contributed by atoms with Crippen molar-refractivity contribution in [1.29, 1.82) is 5.26 Å². The number of unbranched alkanes of at least 4 members (excludes halogenated alkanes) is 1. The molecule has 0 radical (unpaired) electrons. The zero-order chi connectivity index (χ0) is 16.2. The highest BCUT2D eigenvalue weighted by atomic mass is 16.5. The van der Waals surface area contributed by atoms with Gasteiger partial charge in [-0.1, -0.05) is 18.2 Å². The van der Waals surface area contributed by atoms with E-state index in [0.29, 0.717) is 13.0 Å². The van der Waals surface area contributed by atoms with Crippen LogP contribution < -0.4 is 0 Å². The molecule has 5 heteroatoms. The van der Waals surface area contributed by atoms with Gasteiger partial charge in [-0.2, -0.15) is 5.26 Å². The van der Waals surface area contributed by atoms with Crippen molar-refractivity contribution < 1.29 is 9.53 Å². The van der Waals surface area contributed by atoms with Crippen molar-refractivity contribution in [2.45, 2.75) is 32.2 Å². The lowest BCUT2D eigenvalue weighted by Gasteiger charge is -2.33. The molecule has 0 spiro atoms. The summed E-state index contributed by atoms with van der Waals surface area (Å²) in [5.74, 6) is -0.211. The van der Waals surface area contributed by atoms with E-state index in [9.17, 15) is 4.79 Å². The van der Waals surface area contributed by atoms with Crippen LogP contribution in [0.15, 0.2) is 24.3 Å². The van der Waals surface area contributed by atoms with Gasteiger partial charge in [-0.3, -0.25) is 4.90 Å². The topological polar surface area (TPSA) is 69.1 Å². The minimum Gasteiger partial charge on any atom is -0.465 e. The van der Waals surface area contributed by atoms with Crippen LogP contribution in [0.4, 0.5) is 0 Å². The van der Waals surface area contributed by atoms with Crippen LogP contribution in [0.3, 0.4) is 0 Å². The number of H-pyrrole nitrogens is 1. The molecule has 0 amide bonds. The third-order valence-corrected chi connectivity index (χ3v) is 4.38. The molecule has 1 aliphatic heterocycles. The smallest absolute Gasteiger partial charge is 0.329 e. The average molecular weight is 311 g/mol. The van der Waals surface area contributed by atoms with Crippen molar-refractivity contribution in [2.75, 3.05) is 19.7 Å². The molecule has 1 atom stereocenters. The Morgan fingerprint density at radius 3 is 3.09 bits per heavy atom. The third-order valence-electron chi connectivity index (χ3n) is 4.38. The fourth-order valence-electron chi connectivity index (χ4n) is 3.38. The van der Waals surface area contributed by atoms with Crippen molar-refractivity contribution in [3.8, 4) is 6.07 Å². The first-order valence-electron chi connectivity index (χ1n) is 8.13. The summed E-state index contributed by atoms with van der Waals surface area (Å²) in [6.45, 7) is 3.74. The first-order valence-corrected chi connectivity index (χ1v) is 8.13. The largest absolute Gasteiger partial charge is 0.465 e. The van der Waals surface area contributed by atoms with Gasteiger partial charge < -0.3 is 9.72 Å². The Bertz CT molecular complexity index is 744. The summed E-state index contributed by atoms with van der Waals surface area (Å²) in [6.07, 6.45) is 2.18. The zero-order valence-corrected chi connectivity index (χ0v) is 13.3. The Labute approximate surface area is 135 Å². The first-order chi connectivity index (χ1) is 11.3. The zero-order valence-electron chi connectivity index (χ0n) is 13.3. The molecule has 1 N–H and O–H groups in total. The molecule has 23 heavy (non-hydrogen) atoms. The van der Waals surface area contributed by atoms with Gasteiger partial charge >= 0.3 is 5.97 Å². The lowest BCUT2D eigenvalue weighted by molar-refractivity contribution is -0.150. The molecule has 2 heterocycles. The van der Waals surface area contributed by atoms with Gasteiger partial charge in [-0.15, -0.1) is 0 Å². The number of hydrogen-bond donors (Lipinski definition) is 1. The molecule has 0 fully saturated rings. The number of esters is 1. The van der Waals surface area contributed by atoms with E-state index in [4.69, 9.17) is 10.00 Å². The Morgan fingerprint density at radius 1 is 1.48 bits per heavy atom. The molecular formula is C18H21N3O2. The van der Waals surface area contributed by atoms with E-state index in [1.54, 1.807) is 0 Å². The highest BCUT2D eigenvalue weighted by molar-refractivity contribution is 5.88. The number of fused-ring (bicyclic) bond motifs is 3. The minimum atomic E-state index is -0.398. The number of benzene rings is 1. The second-order valence-electron chi connectivity index (χ2n) is 5.77. The van der Waals surface area contributed by atoms with Crippen molar-refractivity contribution in [1.82, 2.24) is 9.88 Å². The van der Waals surface area contributed by atoms with Gasteiger partial charge in [0.15, 0.2) is 0 Å². The van der Waals surface area contributed by atoms with Gasteiger partial charge in [0.05, 0.1) is 12.7 Å². The summed E-state index contributed by atoms with van der Waals surface area (Å²) in [6, 6.07) is 9.92. The molecule has 1 aromatic carbocycles. The van der Waals surface area contributed by atoms with E-state index in [-0.39, 0.29) is 5.97 Å². The maximum absolute atomic E-state index is 12.5. The Balaban J connectivity index is 1.97. The van der Waals surface area contributed by atoms with Gasteiger partial charge in [-0.05, 0) is 31.4 Å². The monoisotopic (exact) mass is 311 g/mol. The second kappa shape index (κ2) is 6.84. The normalized spacial score (nSPS) is 17.7. The van der Waals surface area contributed by atoms with Crippen LogP contribution in [0.25, 0.3) is 10.9 Å². The van der Waals surface area contributed by atoms with Gasteiger partial charge in [0, 0.05) is 36.1 Å². The van der Waals surface area contributed by atoms with Crippen LogP contribution in [0.2, 0.25) is 0 Å². The van der Waals surface area contributed by atoms with Crippen molar-refractivity contribution in [3.05, 3.63) is 35.5 Å². The van der Waals surface area contributed by atoms with Crippen LogP contribution in [0, 0.1) is 11.3 Å². The molecule has 2 aromatic rings. The molecule has 1 aliphatic rings. The third kappa shape index (κ3) is 2.95. The van der Waals surface area contributed by atoms with Crippen molar-refractivity contribution >= 4 is 16.9 Å². The van der Waals surface area contributed by atoms with E-state index in [2.05, 4.69) is 22.0 Å². The highest BCUT2D eigenvalue weighted by Crippen LogP contribution is 2.35. The van der Waals surface area contributed by atoms with E-state index in [0.717, 1.165) is 37.1 Å². The van der Waals surface area contributed by atoms with Crippen LogP contribution in [-0.2, 0) is 16.0 Å². The van der Waals surface area contributed by atoms with E-state index in [1.165, 1.54) is 10.9 Å². The van der Waals surface area contributed by atoms with Crippen LogP contribution in [0.5, 0.6) is 0 Å². The SMILES string of the molecule is CCOC(=O)C1c2[nH]c3ccccc3c2CCN1CCCC#N. The summed E-state index contributed by atoms with van der Waals surface area (Å²) in [7, 11) is 0. The first kappa shape index (κ1) is 15.6. The fraction of sp³-hybridized carbons (Fsp3) is 0.444. The summed E-state index contributed by atoms with van der Waals surface area (Å²) in [5.41, 5.74) is 3.23.